The van der Waals surface area contributed by atoms with E-state index in [1.165, 1.54) is 11.1 Å². The molecule has 1 atom stereocenters. The number of rotatable bonds is 8. The number of hydrogen-bond acceptors (Lipinski definition) is 4. The van der Waals surface area contributed by atoms with Gasteiger partial charge in [-0.2, -0.15) is 0 Å². The van der Waals surface area contributed by atoms with Crippen molar-refractivity contribution in [1.29, 1.82) is 0 Å². The summed E-state index contributed by atoms with van der Waals surface area (Å²) in [4.78, 5) is 19.3. The molecule has 2 heterocycles. The number of likely N-dealkylation sites (tertiary alicyclic amines) is 1. The van der Waals surface area contributed by atoms with E-state index in [1.54, 1.807) is 11.3 Å². The third kappa shape index (κ3) is 6.57. The van der Waals surface area contributed by atoms with Crippen molar-refractivity contribution < 1.29 is 13.6 Å². The van der Waals surface area contributed by atoms with Gasteiger partial charge in [0, 0.05) is 24.9 Å². The highest BCUT2D eigenvalue weighted by atomic mass is 32.1. The topological polar surface area (TPSA) is 45.2 Å². The second kappa shape index (κ2) is 10.3. The number of nitrogens with one attached hydrogen (secondary N) is 1. The average molecular weight is 422 g/mol. The lowest BCUT2D eigenvalue weighted by Crippen LogP contribution is -2.35. The number of aromatic nitrogens is 1. The zero-order chi connectivity index (χ0) is 20.8. The highest BCUT2D eigenvalue weighted by Crippen LogP contribution is 2.24. The summed E-state index contributed by atoms with van der Waals surface area (Å²) < 4.78 is 26.2. The van der Waals surface area contributed by atoms with Crippen LogP contribution in [0.1, 0.15) is 61.7 Å². The Morgan fingerprint density at radius 3 is 2.90 bits per heavy atom. The first-order valence-corrected chi connectivity index (χ1v) is 11.2. The SMILES string of the molecule is CC(C)c1csc(CN2CCCC(CCC(=O)NCc3ccc(F)c(F)c3)C2)n1. The number of hydrogen-bond donors (Lipinski definition) is 1. The van der Waals surface area contributed by atoms with Gasteiger partial charge in [0.25, 0.3) is 0 Å². The average Bonchev–Trinajstić information content (AvgIpc) is 3.16. The molecule has 7 heteroatoms. The molecule has 1 aromatic carbocycles. The second-order valence-electron chi connectivity index (χ2n) is 8.13. The van der Waals surface area contributed by atoms with Gasteiger partial charge in [0.1, 0.15) is 5.01 Å². The molecular weight excluding hydrogens is 392 g/mol. The molecule has 1 aliphatic rings. The van der Waals surface area contributed by atoms with Gasteiger partial charge in [-0.05, 0) is 55.3 Å². The number of halogens is 2. The first kappa shape index (κ1) is 21.8. The fourth-order valence-electron chi connectivity index (χ4n) is 3.66. The summed E-state index contributed by atoms with van der Waals surface area (Å²) in [7, 11) is 0. The van der Waals surface area contributed by atoms with Gasteiger partial charge in [-0.3, -0.25) is 9.69 Å². The second-order valence-corrected chi connectivity index (χ2v) is 9.07. The van der Waals surface area contributed by atoms with Gasteiger partial charge >= 0.3 is 0 Å². The molecule has 0 saturated carbocycles. The predicted octanol–water partition coefficient (Wildman–Crippen LogP) is 4.85. The summed E-state index contributed by atoms with van der Waals surface area (Å²) in [5.41, 5.74) is 1.72. The molecule has 1 aromatic heterocycles. The van der Waals surface area contributed by atoms with Crippen LogP contribution in [0.5, 0.6) is 0 Å². The quantitative estimate of drug-likeness (QED) is 0.663. The van der Waals surface area contributed by atoms with Gasteiger partial charge in [0.15, 0.2) is 11.6 Å². The van der Waals surface area contributed by atoms with E-state index in [1.807, 2.05) is 0 Å². The monoisotopic (exact) mass is 421 g/mol. The molecule has 0 aliphatic carbocycles. The van der Waals surface area contributed by atoms with Crippen LogP contribution in [-0.4, -0.2) is 28.9 Å². The Balaban J connectivity index is 1.40. The summed E-state index contributed by atoms with van der Waals surface area (Å²) in [5.74, 6) is -0.852. The fourth-order valence-corrected chi connectivity index (χ4v) is 4.66. The largest absolute Gasteiger partial charge is 0.352 e. The third-order valence-electron chi connectivity index (χ3n) is 5.38. The molecule has 0 radical (unpaired) electrons. The van der Waals surface area contributed by atoms with Crippen LogP contribution in [0.15, 0.2) is 23.6 Å². The Bertz CT molecular complexity index is 824. The normalized spacial score (nSPS) is 17.6. The van der Waals surface area contributed by atoms with E-state index >= 15 is 0 Å². The van der Waals surface area contributed by atoms with E-state index in [9.17, 15) is 13.6 Å². The van der Waals surface area contributed by atoms with Crippen LogP contribution in [0.4, 0.5) is 8.78 Å². The van der Waals surface area contributed by atoms with Crippen LogP contribution < -0.4 is 5.32 Å². The minimum atomic E-state index is -0.889. The predicted molar refractivity (Wildman–Crippen MR) is 112 cm³/mol. The van der Waals surface area contributed by atoms with Crippen molar-refractivity contribution in [1.82, 2.24) is 15.2 Å². The van der Waals surface area contributed by atoms with Crippen molar-refractivity contribution in [3.63, 3.8) is 0 Å². The molecule has 0 spiro atoms. The maximum Gasteiger partial charge on any atom is 0.220 e. The molecule has 1 saturated heterocycles. The molecule has 1 N–H and O–H groups in total. The van der Waals surface area contributed by atoms with Gasteiger partial charge in [-0.1, -0.05) is 19.9 Å². The first-order valence-electron chi connectivity index (χ1n) is 10.3. The molecule has 1 unspecified atom stereocenters. The van der Waals surface area contributed by atoms with E-state index in [2.05, 4.69) is 29.4 Å². The van der Waals surface area contributed by atoms with Crippen molar-refractivity contribution in [3.05, 3.63) is 51.5 Å². The number of amides is 1. The van der Waals surface area contributed by atoms with Crippen LogP contribution in [0, 0.1) is 17.6 Å². The van der Waals surface area contributed by atoms with Gasteiger partial charge in [-0.25, -0.2) is 13.8 Å². The van der Waals surface area contributed by atoms with Crippen molar-refractivity contribution in [2.24, 2.45) is 5.92 Å². The third-order valence-corrected chi connectivity index (χ3v) is 6.23. The number of piperidine rings is 1. The Kier molecular flexibility index (Phi) is 7.72. The standard InChI is InChI=1S/C22H29F2N3OS/c1-15(2)20-14-29-22(26-20)13-27-9-3-4-16(12-27)6-8-21(28)25-11-17-5-7-18(23)19(24)10-17/h5,7,10,14-16H,3-4,6,8-9,11-13H2,1-2H3,(H,25,28). The van der Waals surface area contributed by atoms with Gasteiger partial charge < -0.3 is 5.32 Å². The molecule has 3 rings (SSSR count). The van der Waals surface area contributed by atoms with E-state index < -0.39 is 11.6 Å². The van der Waals surface area contributed by atoms with Crippen molar-refractivity contribution in [3.8, 4) is 0 Å². The summed E-state index contributed by atoms with van der Waals surface area (Å²) in [6.07, 6.45) is 3.58. The number of carbonyl (C=O) groups is 1. The molecule has 4 nitrogen and oxygen atoms in total. The van der Waals surface area contributed by atoms with Crippen LogP contribution in [0.3, 0.4) is 0 Å². The zero-order valence-electron chi connectivity index (χ0n) is 17.1. The van der Waals surface area contributed by atoms with E-state index in [0.717, 1.165) is 56.7 Å². The Labute approximate surface area is 175 Å². The summed E-state index contributed by atoms with van der Waals surface area (Å²) in [6.45, 7) is 7.49. The molecule has 1 aliphatic heterocycles. The first-order chi connectivity index (χ1) is 13.9. The van der Waals surface area contributed by atoms with Gasteiger partial charge in [0.05, 0.1) is 12.2 Å². The van der Waals surface area contributed by atoms with Crippen LogP contribution in [0.25, 0.3) is 0 Å². The summed E-state index contributed by atoms with van der Waals surface area (Å²) in [5, 5.41) is 6.12. The van der Waals surface area contributed by atoms with Gasteiger partial charge in [0.2, 0.25) is 5.91 Å². The lowest BCUT2D eigenvalue weighted by Gasteiger charge is -2.32. The highest BCUT2D eigenvalue weighted by Gasteiger charge is 2.21. The lowest BCUT2D eigenvalue weighted by atomic mass is 9.93. The maximum absolute atomic E-state index is 13.2. The minimum Gasteiger partial charge on any atom is -0.352 e. The Morgan fingerprint density at radius 2 is 2.17 bits per heavy atom. The van der Waals surface area contributed by atoms with Crippen LogP contribution in [0.2, 0.25) is 0 Å². The van der Waals surface area contributed by atoms with E-state index in [0.29, 0.717) is 23.8 Å². The molecular formula is C22H29F2N3OS. The van der Waals surface area contributed by atoms with E-state index in [4.69, 9.17) is 4.98 Å². The van der Waals surface area contributed by atoms with Crippen molar-refractivity contribution >= 4 is 17.2 Å². The lowest BCUT2D eigenvalue weighted by molar-refractivity contribution is -0.121. The van der Waals surface area contributed by atoms with Crippen molar-refractivity contribution in [2.75, 3.05) is 13.1 Å². The Morgan fingerprint density at radius 1 is 1.34 bits per heavy atom. The van der Waals surface area contributed by atoms with Crippen LogP contribution >= 0.6 is 11.3 Å². The number of carbonyl (C=O) groups excluding carboxylic acids is 1. The Hall–Kier alpha value is -1.86. The van der Waals surface area contributed by atoms with Crippen LogP contribution in [-0.2, 0) is 17.9 Å². The smallest absolute Gasteiger partial charge is 0.220 e. The molecule has 0 bridgehead atoms. The molecule has 2 aromatic rings. The summed E-state index contributed by atoms with van der Waals surface area (Å²) >= 11 is 1.73. The molecule has 1 fully saturated rings. The summed E-state index contributed by atoms with van der Waals surface area (Å²) in [6, 6.07) is 3.69. The number of benzene rings is 1. The molecule has 29 heavy (non-hydrogen) atoms. The van der Waals surface area contributed by atoms with Crippen molar-refractivity contribution in [2.45, 2.75) is 58.5 Å². The van der Waals surface area contributed by atoms with E-state index in [-0.39, 0.29) is 12.5 Å². The number of thiazole rings is 1. The van der Waals surface area contributed by atoms with Gasteiger partial charge in [-0.15, -0.1) is 11.3 Å². The minimum absolute atomic E-state index is 0.0478. The highest BCUT2D eigenvalue weighted by molar-refractivity contribution is 7.09. The number of nitrogens with zero attached hydrogens (tertiary/aromatic N) is 2. The maximum atomic E-state index is 13.2. The molecule has 158 valence electrons. The zero-order valence-corrected chi connectivity index (χ0v) is 17.9. The molecule has 1 amide bonds. The fraction of sp³-hybridized carbons (Fsp3) is 0.545.